The molecule has 0 spiro atoms. The van der Waals surface area contributed by atoms with Gasteiger partial charge in [0.15, 0.2) is 4.96 Å². The Kier molecular flexibility index (Phi) is 5.93. The van der Waals surface area contributed by atoms with Crippen molar-refractivity contribution < 1.29 is 0 Å². The standard InChI is InChI=1S/C23H29N3OS/c1-16(2)22(19-10-8-18(9-11-19)17-6-4-3-5-7-17)24-15-20-14-21(27)26-12-13-28-23(26)25-20/h8-14,16-17,22,24H,3-7,15H2,1-2H3/t22-/m1/s1. The molecule has 4 rings (SSSR count). The zero-order valence-electron chi connectivity index (χ0n) is 16.7. The van der Waals surface area contributed by atoms with Crippen LogP contribution in [0.5, 0.6) is 0 Å². The Hall–Kier alpha value is -1.98. The summed E-state index contributed by atoms with van der Waals surface area (Å²) in [6, 6.07) is 11.1. The summed E-state index contributed by atoms with van der Waals surface area (Å²) >= 11 is 1.49. The van der Waals surface area contributed by atoms with E-state index in [-0.39, 0.29) is 11.6 Å². The van der Waals surface area contributed by atoms with Crippen LogP contribution in [0.2, 0.25) is 0 Å². The average molecular weight is 396 g/mol. The van der Waals surface area contributed by atoms with Gasteiger partial charge in [-0.15, -0.1) is 11.3 Å². The van der Waals surface area contributed by atoms with Gasteiger partial charge in [-0.1, -0.05) is 57.4 Å². The summed E-state index contributed by atoms with van der Waals surface area (Å²) in [5, 5.41) is 5.52. The molecule has 0 aliphatic heterocycles. The van der Waals surface area contributed by atoms with Crippen molar-refractivity contribution in [2.75, 3.05) is 0 Å². The Morgan fingerprint density at radius 2 is 1.93 bits per heavy atom. The number of benzene rings is 1. The maximum absolute atomic E-state index is 12.2. The first-order valence-electron chi connectivity index (χ1n) is 10.4. The van der Waals surface area contributed by atoms with E-state index in [0.29, 0.717) is 12.5 Å². The summed E-state index contributed by atoms with van der Waals surface area (Å²) < 4.78 is 1.60. The molecule has 5 heteroatoms. The molecule has 2 heterocycles. The van der Waals surface area contributed by atoms with E-state index in [1.165, 1.54) is 54.6 Å². The third-order valence-corrected chi connectivity index (χ3v) is 6.65. The Bertz CT molecular complexity index is 967. The Labute approximate surface area is 170 Å². The van der Waals surface area contributed by atoms with Gasteiger partial charge in [-0.2, -0.15) is 0 Å². The van der Waals surface area contributed by atoms with Gasteiger partial charge in [-0.25, -0.2) is 4.98 Å². The molecule has 4 nitrogen and oxygen atoms in total. The van der Waals surface area contributed by atoms with Gasteiger partial charge in [0.25, 0.3) is 5.56 Å². The lowest BCUT2D eigenvalue weighted by molar-refractivity contribution is 0.408. The number of rotatable bonds is 6. The maximum atomic E-state index is 12.2. The number of hydrogen-bond donors (Lipinski definition) is 1. The monoisotopic (exact) mass is 395 g/mol. The van der Waals surface area contributed by atoms with Gasteiger partial charge in [-0.05, 0) is 35.8 Å². The molecular formula is C23H29N3OS. The van der Waals surface area contributed by atoms with Gasteiger partial charge < -0.3 is 5.32 Å². The molecule has 148 valence electrons. The lowest BCUT2D eigenvalue weighted by atomic mass is 9.83. The molecule has 0 unspecified atom stereocenters. The molecule has 1 aliphatic rings. The SMILES string of the molecule is CC(C)[C@@H](NCc1cc(=O)n2ccsc2n1)c1ccc(C2CCCCC2)cc1. The van der Waals surface area contributed by atoms with E-state index in [1.54, 1.807) is 16.7 Å². The molecule has 1 aromatic carbocycles. The van der Waals surface area contributed by atoms with E-state index >= 15 is 0 Å². The molecule has 3 aromatic rings. The van der Waals surface area contributed by atoms with Crippen molar-refractivity contribution in [3.05, 3.63) is 69.1 Å². The van der Waals surface area contributed by atoms with Crippen LogP contribution in [0.15, 0.2) is 46.7 Å². The molecule has 1 aliphatic carbocycles. The highest BCUT2D eigenvalue weighted by Gasteiger charge is 2.18. The first kappa shape index (κ1) is 19.3. The first-order valence-corrected chi connectivity index (χ1v) is 11.3. The fourth-order valence-corrected chi connectivity index (χ4v) is 5.08. The van der Waals surface area contributed by atoms with E-state index < -0.39 is 0 Å². The van der Waals surface area contributed by atoms with Crippen molar-refractivity contribution in [1.29, 1.82) is 0 Å². The van der Waals surface area contributed by atoms with Crippen molar-refractivity contribution in [2.24, 2.45) is 5.92 Å². The fourth-order valence-electron chi connectivity index (χ4n) is 4.34. The normalized spacial score (nSPS) is 16.7. The lowest BCUT2D eigenvalue weighted by Gasteiger charge is -2.25. The second kappa shape index (κ2) is 8.58. The summed E-state index contributed by atoms with van der Waals surface area (Å²) in [6.45, 7) is 5.06. The van der Waals surface area contributed by atoms with Gasteiger partial charge in [-0.3, -0.25) is 9.20 Å². The number of hydrogen-bond acceptors (Lipinski definition) is 4. The highest BCUT2D eigenvalue weighted by Crippen LogP contribution is 2.33. The minimum absolute atomic E-state index is 0.0130. The summed E-state index contributed by atoms with van der Waals surface area (Å²) in [6.07, 6.45) is 8.56. The third-order valence-electron chi connectivity index (χ3n) is 5.90. The molecule has 0 bridgehead atoms. The minimum atomic E-state index is -0.0130. The predicted molar refractivity (Wildman–Crippen MR) is 116 cm³/mol. The Morgan fingerprint density at radius 1 is 1.18 bits per heavy atom. The van der Waals surface area contributed by atoms with Crippen LogP contribution in [0.4, 0.5) is 0 Å². The quantitative estimate of drug-likeness (QED) is 0.617. The average Bonchev–Trinajstić information content (AvgIpc) is 3.18. The molecule has 2 aromatic heterocycles. The number of aromatic nitrogens is 2. The Morgan fingerprint density at radius 3 is 2.64 bits per heavy atom. The molecule has 0 radical (unpaired) electrons. The van der Waals surface area contributed by atoms with Crippen molar-refractivity contribution >= 4 is 16.3 Å². The maximum Gasteiger partial charge on any atom is 0.258 e. The highest BCUT2D eigenvalue weighted by molar-refractivity contribution is 7.15. The van der Waals surface area contributed by atoms with E-state index in [0.717, 1.165) is 16.6 Å². The van der Waals surface area contributed by atoms with Crippen LogP contribution in [-0.2, 0) is 6.54 Å². The fraction of sp³-hybridized carbons (Fsp3) is 0.478. The zero-order chi connectivity index (χ0) is 19.5. The first-order chi connectivity index (χ1) is 13.6. The topological polar surface area (TPSA) is 46.4 Å². The van der Waals surface area contributed by atoms with Crippen LogP contribution in [0, 0.1) is 5.92 Å². The molecule has 1 N–H and O–H groups in total. The smallest absolute Gasteiger partial charge is 0.258 e. The van der Waals surface area contributed by atoms with E-state index in [2.05, 4.69) is 48.4 Å². The lowest BCUT2D eigenvalue weighted by Crippen LogP contribution is -2.27. The molecular weight excluding hydrogens is 366 g/mol. The van der Waals surface area contributed by atoms with Crippen molar-refractivity contribution in [3.63, 3.8) is 0 Å². The predicted octanol–water partition coefficient (Wildman–Crippen LogP) is 5.29. The van der Waals surface area contributed by atoms with Crippen LogP contribution in [0.1, 0.15) is 74.7 Å². The van der Waals surface area contributed by atoms with Gasteiger partial charge in [0.05, 0.1) is 5.69 Å². The van der Waals surface area contributed by atoms with Gasteiger partial charge in [0.1, 0.15) is 0 Å². The highest BCUT2D eigenvalue weighted by atomic mass is 32.1. The zero-order valence-corrected chi connectivity index (χ0v) is 17.5. The molecule has 1 atom stereocenters. The number of fused-ring (bicyclic) bond motifs is 1. The third kappa shape index (κ3) is 4.20. The molecule has 1 fully saturated rings. The van der Waals surface area contributed by atoms with Gasteiger partial charge >= 0.3 is 0 Å². The number of nitrogens with one attached hydrogen (secondary N) is 1. The largest absolute Gasteiger partial charge is 0.304 e. The van der Waals surface area contributed by atoms with Crippen LogP contribution in [-0.4, -0.2) is 9.38 Å². The van der Waals surface area contributed by atoms with Crippen molar-refractivity contribution in [3.8, 4) is 0 Å². The molecule has 0 saturated heterocycles. The van der Waals surface area contributed by atoms with E-state index in [1.807, 2.05) is 5.38 Å². The van der Waals surface area contributed by atoms with E-state index in [4.69, 9.17) is 0 Å². The second-order valence-corrected chi connectivity index (χ2v) is 9.12. The molecule has 1 saturated carbocycles. The number of thiazole rings is 1. The van der Waals surface area contributed by atoms with Gasteiger partial charge in [0, 0.05) is 30.2 Å². The van der Waals surface area contributed by atoms with Crippen LogP contribution >= 0.6 is 11.3 Å². The summed E-state index contributed by atoms with van der Waals surface area (Å²) in [7, 11) is 0. The number of nitrogens with zero attached hydrogens (tertiary/aromatic N) is 2. The molecule has 28 heavy (non-hydrogen) atoms. The summed E-state index contributed by atoms with van der Waals surface area (Å²) in [5.74, 6) is 1.19. The molecule has 0 amide bonds. The minimum Gasteiger partial charge on any atom is -0.304 e. The van der Waals surface area contributed by atoms with Crippen LogP contribution in [0.3, 0.4) is 0 Å². The van der Waals surface area contributed by atoms with Crippen molar-refractivity contribution in [1.82, 2.24) is 14.7 Å². The summed E-state index contributed by atoms with van der Waals surface area (Å²) in [4.78, 5) is 17.6. The second-order valence-electron chi connectivity index (χ2n) is 8.25. The Balaban J connectivity index is 1.48. The van der Waals surface area contributed by atoms with Crippen LogP contribution < -0.4 is 10.9 Å². The van der Waals surface area contributed by atoms with Crippen LogP contribution in [0.25, 0.3) is 4.96 Å². The van der Waals surface area contributed by atoms with Crippen molar-refractivity contribution in [2.45, 2.75) is 64.5 Å². The summed E-state index contributed by atoms with van der Waals surface area (Å²) in [5.41, 5.74) is 3.59. The van der Waals surface area contributed by atoms with E-state index in [9.17, 15) is 4.79 Å². The van der Waals surface area contributed by atoms with Gasteiger partial charge in [0.2, 0.25) is 0 Å².